The Morgan fingerprint density at radius 3 is 2.63 bits per heavy atom. The van der Waals surface area contributed by atoms with E-state index in [4.69, 9.17) is 0 Å². The van der Waals surface area contributed by atoms with Crippen LogP contribution >= 0.6 is 0 Å². The predicted molar refractivity (Wildman–Crippen MR) is 82.3 cm³/mol. The molecule has 0 aliphatic carbocycles. The highest BCUT2D eigenvalue weighted by Gasteiger charge is 2.21. The molecular weight excluding hydrogens is 232 g/mol. The Labute approximate surface area is 118 Å². The SMILES string of the molecule is CC(CNCC1Cc2ccccc2CN1)C(C)(C)C. The standard InChI is InChI=1S/C17H28N2/c1-13(17(2,3)4)10-18-12-16-9-14-7-5-6-8-15(14)11-19-16/h5-8,13,16,18-19H,9-12H2,1-4H3. The van der Waals surface area contributed by atoms with Crippen LogP contribution in [0.2, 0.25) is 0 Å². The summed E-state index contributed by atoms with van der Waals surface area (Å²) in [5, 5.41) is 7.25. The summed E-state index contributed by atoms with van der Waals surface area (Å²) >= 11 is 0. The summed E-state index contributed by atoms with van der Waals surface area (Å²) in [6.45, 7) is 12.4. The molecule has 2 heteroatoms. The molecule has 2 atom stereocenters. The first-order valence-corrected chi connectivity index (χ1v) is 7.47. The van der Waals surface area contributed by atoms with Gasteiger partial charge in [-0.25, -0.2) is 0 Å². The van der Waals surface area contributed by atoms with E-state index in [1.165, 1.54) is 11.1 Å². The second-order valence-corrected chi connectivity index (χ2v) is 6.98. The molecule has 19 heavy (non-hydrogen) atoms. The first kappa shape index (κ1) is 14.5. The topological polar surface area (TPSA) is 24.1 Å². The molecule has 2 unspecified atom stereocenters. The highest BCUT2D eigenvalue weighted by Crippen LogP contribution is 2.24. The van der Waals surface area contributed by atoms with Gasteiger partial charge in [-0.15, -0.1) is 0 Å². The number of benzene rings is 1. The first-order chi connectivity index (χ1) is 8.97. The molecule has 1 aliphatic heterocycles. The van der Waals surface area contributed by atoms with E-state index in [0.717, 1.165) is 26.1 Å². The van der Waals surface area contributed by atoms with Gasteiger partial charge in [-0.05, 0) is 35.4 Å². The van der Waals surface area contributed by atoms with Crippen molar-refractivity contribution in [1.29, 1.82) is 0 Å². The Hall–Kier alpha value is -0.860. The van der Waals surface area contributed by atoms with Crippen LogP contribution in [-0.2, 0) is 13.0 Å². The fraction of sp³-hybridized carbons (Fsp3) is 0.647. The van der Waals surface area contributed by atoms with Crippen molar-refractivity contribution in [2.24, 2.45) is 11.3 Å². The zero-order chi connectivity index (χ0) is 13.9. The lowest BCUT2D eigenvalue weighted by molar-refractivity contribution is 0.249. The molecule has 0 aromatic heterocycles. The van der Waals surface area contributed by atoms with Gasteiger partial charge in [0.25, 0.3) is 0 Å². The van der Waals surface area contributed by atoms with Gasteiger partial charge in [0.2, 0.25) is 0 Å². The van der Waals surface area contributed by atoms with Crippen LogP contribution < -0.4 is 10.6 Å². The first-order valence-electron chi connectivity index (χ1n) is 7.47. The van der Waals surface area contributed by atoms with Gasteiger partial charge in [0.1, 0.15) is 0 Å². The van der Waals surface area contributed by atoms with Gasteiger partial charge in [0.15, 0.2) is 0 Å². The van der Waals surface area contributed by atoms with Crippen LogP contribution in [0.15, 0.2) is 24.3 Å². The summed E-state index contributed by atoms with van der Waals surface area (Å²) < 4.78 is 0. The Morgan fingerprint density at radius 1 is 1.26 bits per heavy atom. The molecule has 0 saturated heterocycles. The van der Waals surface area contributed by atoms with Crippen molar-refractivity contribution >= 4 is 0 Å². The van der Waals surface area contributed by atoms with Crippen molar-refractivity contribution in [3.63, 3.8) is 0 Å². The van der Waals surface area contributed by atoms with Crippen LogP contribution in [0.25, 0.3) is 0 Å². The minimum atomic E-state index is 0.388. The number of nitrogens with one attached hydrogen (secondary N) is 2. The van der Waals surface area contributed by atoms with Gasteiger partial charge in [0, 0.05) is 19.1 Å². The third-order valence-electron chi connectivity index (χ3n) is 4.49. The summed E-state index contributed by atoms with van der Waals surface area (Å²) in [5.74, 6) is 0.698. The van der Waals surface area contributed by atoms with E-state index in [0.29, 0.717) is 17.4 Å². The fourth-order valence-corrected chi connectivity index (χ4v) is 2.45. The lowest BCUT2D eigenvalue weighted by atomic mass is 9.82. The van der Waals surface area contributed by atoms with Gasteiger partial charge < -0.3 is 10.6 Å². The fourth-order valence-electron chi connectivity index (χ4n) is 2.45. The van der Waals surface area contributed by atoms with E-state index < -0.39 is 0 Å². The van der Waals surface area contributed by atoms with Crippen molar-refractivity contribution in [1.82, 2.24) is 10.6 Å². The average molecular weight is 260 g/mol. The average Bonchev–Trinajstić information content (AvgIpc) is 2.37. The van der Waals surface area contributed by atoms with E-state index in [9.17, 15) is 0 Å². The highest BCUT2D eigenvalue weighted by molar-refractivity contribution is 5.29. The molecule has 0 spiro atoms. The minimum absolute atomic E-state index is 0.388. The predicted octanol–water partition coefficient (Wildman–Crippen LogP) is 2.97. The van der Waals surface area contributed by atoms with Gasteiger partial charge >= 0.3 is 0 Å². The number of rotatable bonds is 4. The van der Waals surface area contributed by atoms with Crippen LogP contribution in [0.1, 0.15) is 38.8 Å². The Balaban J connectivity index is 1.77. The van der Waals surface area contributed by atoms with E-state index in [2.05, 4.69) is 62.6 Å². The Morgan fingerprint density at radius 2 is 1.95 bits per heavy atom. The summed E-state index contributed by atoms with van der Waals surface area (Å²) in [7, 11) is 0. The van der Waals surface area contributed by atoms with Crippen molar-refractivity contribution in [2.45, 2.75) is 46.7 Å². The largest absolute Gasteiger partial charge is 0.315 e. The van der Waals surface area contributed by atoms with Crippen molar-refractivity contribution in [2.75, 3.05) is 13.1 Å². The van der Waals surface area contributed by atoms with E-state index in [1.807, 2.05) is 0 Å². The van der Waals surface area contributed by atoms with E-state index >= 15 is 0 Å². The summed E-state index contributed by atoms with van der Waals surface area (Å²) in [6, 6.07) is 9.34. The summed E-state index contributed by atoms with van der Waals surface area (Å²) in [4.78, 5) is 0. The van der Waals surface area contributed by atoms with Gasteiger partial charge in [0.05, 0.1) is 0 Å². The lowest BCUT2D eigenvalue weighted by Crippen LogP contribution is -2.44. The smallest absolute Gasteiger partial charge is 0.0236 e. The van der Waals surface area contributed by atoms with E-state index in [-0.39, 0.29) is 0 Å². The van der Waals surface area contributed by atoms with Crippen LogP contribution in [0.4, 0.5) is 0 Å². The molecule has 2 rings (SSSR count). The molecule has 1 aliphatic rings. The molecule has 0 fully saturated rings. The molecule has 0 bridgehead atoms. The molecule has 106 valence electrons. The Bertz CT molecular complexity index is 406. The molecule has 0 saturated carbocycles. The second kappa shape index (κ2) is 6.06. The van der Waals surface area contributed by atoms with E-state index in [1.54, 1.807) is 0 Å². The molecule has 0 radical (unpaired) electrons. The van der Waals surface area contributed by atoms with Gasteiger partial charge in [-0.2, -0.15) is 0 Å². The lowest BCUT2D eigenvalue weighted by Gasteiger charge is -2.30. The maximum absolute atomic E-state index is 3.63. The van der Waals surface area contributed by atoms with Crippen molar-refractivity contribution in [3.8, 4) is 0 Å². The maximum atomic E-state index is 3.63. The molecule has 1 aromatic rings. The zero-order valence-electron chi connectivity index (χ0n) is 12.8. The number of hydrogen-bond acceptors (Lipinski definition) is 2. The molecule has 1 aromatic carbocycles. The summed E-state index contributed by atoms with van der Waals surface area (Å²) in [5.41, 5.74) is 3.36. The quantitative estimate of drug-likeness (QED) is 0.869. The molecular formula is C17H28N2. The zero-order valence-corrected chi connectivity index (χ0v) is 12.8. The normalized spacial score (nSPS) is 20.9. The van der Waals surface area contributed by atoms with Crippen LogP contribution in [0, 0.1) is 11.3 Å². The van der Waals surface area contributed by atoms with Crippen LogP contribution in [0.3, 0.4) is 0 Å². The molecule has 2 nitrogen and oxygen atoms in total. The van der Waals surface area contributed by atoms with Gasteiger partial charge in [-0.3, -0.25) is 0 Å². The number of hydrogen-bond donors (Lipinski definition) is 2. The van der Waals surface area contributed by atoms with Crippen molar-refractivity contribution in [3.05, 3.63) is 35.4 Å². The third-order valence-corrected chi connectivity index (χ3v) is 4.49. The van der Waals surface area contributed by atoms with Crippen molar-refractivity contribution < 1.29 is 0 Å². The minimum Gasteiger partial charge on any atom is -0.315 e. The highest BCUT2D eigenvalue weighted by atomic mass is 15.0. The molecule has 1 heterocycles. The van der Waals surface area contributed by atoms with Crippen LogP contribution in [0.5, 0.6) is 0 Å². The molecule has 2 N–H and O–H groups in total. The monoisotopic (exact) mass is 260 g/mol. The van der Waals surface area contributed by atoms with Gasteiger partial charge in [-0.1, -0.05) is 52.0 Å². The van der Waals surface area contributed by atoms with Crippen LogP contribution in [-0.4, -0.2) is 19.1 Å². The maximum Gasteiger partial charge on any atom is 0.0236 e. The third kappa shape index (κ3) is 4.05. The number of fused-ring (bicyclic) bond motifs is 1. The second-order valence-electron chi connectivity index (χ2n) is 6.98. The Kier molecular flexibility index (Phi) is 4.64. The summed E-state index contributed by atoms with van der Waals surface area (Å²) in [6.07, 6.45) is 1.15. The molecule has 0 amide bonds.